The maximum atomic E-state index is 12.8. The van der Waals surface area contributed by atoms with E-state index in [4.69, 9.17) is 9.73 Å². The van der Waals surface area contributed by atoms with E-state index in [-0.39, 0.29) is 6.61 Å². The van der Waals surface area contributed by atoms with Crippen molar-refractivity contribution >= 4 is 23.2 Å². The number of hydrogen-bond donors (Lipinski definition) is 1. The zero-order valence-corrected chi connectivity index (χ0v) is 19.8. The van der Waals surface area contributed by atoms with Crippen LogP contribution in [-0.4, -0.2) is 38.9 Å². The average Bonchev–Trinajstić information content (AvgIpc) is 3.46. The number of alkyl carbamates (subject to hydrolysis) is 1. The van der Waals surface area contributed by atoms with Gasteiger partial charge >= 0.3 is 6.09 Å². The Kier molecular flexibility index (Phi) is 5.61. The Morgan fingerprint density at radius 3 is 2.64 bits per heavy atom. The van der Waals surface area contributed by atoms with Gasteiger partial charge in [-0.1, -0.05) is 66.7 Å². The molecule has 0 saturated carbocycles. The normalized spacial score (nSPS) is 15.6. The fourth-order valence-corrected chi connectivity index (χ4v) is 4.66. The molecule has 0 fully saturated rings. The van der Waals surface area contributed by atoms with Crippen LogP contribution in [0.25, 0.3) is 5.69 Å². The van der Waals surface area contributed by atoms with E-state index < -0.39 is 12.3 Å². The fraction of sp³-hybridized carbons (Fsp3) is 0.179. The van der Waals surface area contributed by atoms with Gasteiger partial charge in [-0.3, -0.25) is 19.9 Å². The molecule has 3 aromatic carbocycles. The van der Waals surface area contributed by atoms with Crippen LogP contribution in [0.4, 0.5) is 10.5 Å². The second kappa shape index (κ2) is 9.22. The van der Waals surface area contributed by atoms with Gasteiger partial charge in [0, 0.05) is 29.7 Å². The standard InChI is InChI=1S/C28H24N6O2/c1-18-32-33-27-26(31-28(35)36-16-15-21-17-20-11-5-7-13-23(20)29-21)30-25(19-9-3-2-4-10-19)22-12-6-8-14-24(22)34(18)27/h2-14,26H,15-17H2,1H3,(H,31,35). The predicted molar refractivity (Wildman–Crippen MR) is 137 cm³/mol. The third-order valence-corrected chi connectivity index (χ3v) is 6.34. The molecule has 1 atom stereocenters. The molecular weight excluding hydrogens is 452 g/mol. The van der Waals surface area contributed by atoms with Gasteiger partial charge in [-0.2, -0.15) is 0 Å². The van der Waals surface area contributed by atoms with Crippen LogP contribution in [-0.2, 0) is 11.2 Å². The molecule has 0 aliphatic carbocycles. The topological polar surface area (TPSA) is 93.8 Å². The molecule has 1 amide bonds. The lowest BCUT2D eigenvalue weighted by Crippen LogP contribution is -2.30. The molecule has 0 spiro atoms. The van der Waals surface area contributed by atoms with Crippen LogP contribution in [0, 0.1) is 6.92 Å². The highest BCUT2D eigenvalue weighted by molar-refractivity contribution is 6.15. The highest BCUT2D eigenvalue weighted by atomic mass is 16.5. The molecule has 1 aromatic heterocycles. The average molecular weight is 477 g/mol. The number of rotatable bonds is 5. The van der Waals surface area contributed by atoms with Crippen molar-refractivity contribution in [1.82, 2.24) is 20.1 Å². The van der Waals surface area contributed by atoms with Gasteiger partial charge in [-0.05, 0) is 24.6 Å². The maximum absolute atomic E-state index is 12.8. The summed E-state index contributed by atoms with van der Waals surface area (Å²) < 4.78 is 7.46. The van der Waals surface area contributed by atoms with Crippen LogP contribution in [0.1, 0.15) is 40.9 Å². The van der Waals surface area contributed by atoms with Crippen molar-refractivity contribution in [2.75, 3.05) is 6.61 Å². The Balaban J connectivity index is 1.24. The molecule has 2 aliphatic heterocycles. The van der Waals surface area contributed by atoms with Crippen LogP contribution in [0.2, 0.25) is 0 Å². The van der Waals surface area contributed by atoms with Crippen molar-refractivity contribution in [3.8, 4) is 5.69 Å². The number of aryl methyl sites for hydroxylation is 1. The number of para-hydroxylation sites is 2. The van der Waals surface area contributed by atoms with Crippen LogP contribution in [0.5, 0.6) is 0 Å². The van der Waals surface area contributed by atoms with Crippen LogP contribution in [0.15, 0.2) is 88.8 Å². The van der Waals surface area contributed by atoms with E-state index in [1.54, 1.807) is 0 Å². The number of nitrogens with one attached hydrogen (secondary N) is 1. The van der Waals surface area contributed by atoms with E-state index in [9.17, 15) is 4.79 Å². The summed E-state index contributed by atoms with van der Waals surface area (Å²) in [4.78, 5) is 22.4. The summed E-state index contributed by atoms with van der Waals surface area (Å²) in [5.41, 5.74) is 6.76. The lowest BCUT2D eigenvalue weighted by Gasteiger charge is -2.14. The van der Waals surface area contributed by atoms with Crippen molar-refractivity contribution in [2.24, 2.45) is 9.98 Å². The van der Waals surface area contributed by atoms with Crippen molar-refractivity contribution in [1.29, 1.82) is 0 Å². The Hall–Kier alpha value is -4.59. The van der Waals surface area contributed by atoms with Gasteiger partial charge in [0.15, 0.2) is 12.0 Å². The fourth-order valence-electron chi connectivity index (χ4n) is 4.66. The second-order valence-corrected chi connectivity index (χ2v) is 8.72. The van der Waals surface area contributed by atoms with Gasteiger partial charge < -0.3 is 4.74 Å². The summed E-state index contributed by atoms with van der Waals surface area (Å²) in [6.07, 6.45) is 0.0288. The van der Waals surface area contributed by atoms with Gasteiger partial charge in [0.05, 0.1) is 23.7 Å². The minimum atomic E-state index is -0.769. The first-order valence-electron chi connectivity index (χ1n) is 11.9. The maximum Gasteiger partial charge on any atom is 0.409 e. The number of nitrogens with zero attached hydrogens (tertiary/aromatic N) is 5. The number of amides is 1. The van der Waals surface area contributed by atoms with E-state index in [0.717, 1.165) is 40.3 Å². The molecule has 2 aliphatic rings. The van der Waals surface area contributed by atoms with Crippen molar-refractivity contribution in [3.63, 3.8) is 0 Å². The van der Waals surface area contributed by atoms with Crippen molar-refractivity contribution < 1.29 is 9.53 Å². The summed E-state index contributed by atoms with van der Waals surface area (Å²) >= 11 is 0. The smallest absolute Gasteiger partial charge is 0.409 e. The van der Waals surface area contributed by atoms with Gasteiger partial charge in [0.2, 0.25) is 0 Å². The van der Waals surface area contributed by atoms with E-state index in [2.05, 4.69) is 26.6 Å². The molecular formula is C28H24N6O2. The highest BCUT2D eigenvalue weighted by Gasteiger charge is 2.29. The number of aliphatic imine (C=N–C) groups is 2. The lowest BCUT2D eigenvalue weighted by atomic mass is 10.0. The molecule has 1 N–H and O–H groups in total. The first-order chi connectivity index (χ1) is 17.7. The van der Waals surface area contributed by atoms with Gasteiger partial charge in [-0.25, -0.2) is 4.79 Å². The van der Waals surface area contributed by atoms with Crippen LogP contribution < -0.4 is 5.32 Å². The molecule has 3 heterocycles. The minimum Gasteiger partial charge on any atom is -0.449 e. The van der Waals surface area contributed by atoms with Gasteiger partial charge in [-0.15, -0.1) is 10.2 Å². The molecule has 0 radical (unpaired) electrons. The number of fused-ring (bicyclic) bond motifs is 4. The largest absolute Gasteiger partial charge is 0.449 e. The predicted octanol–water partition coefficient (Wildman–Crippen LogP) is 4.87. The molecule has 0 saturated heterocycles. The first-order valence-corrected chi connectivity index (χ1v) is 11.9. The van der Waals surface area contributed by atoms with E-state index in [0.29, 0.717) is 18.1 Å². The molecule has 0 bridgehead atoms. The number of benzene rings is 3. The molecule has 6 rings (SSSR count). The SMILES string of the molecule is Cc1nnc2n1-c1ccccc1C(c1ccccc1)=NC2NC(=O)OCCC1=Nc2ccccc2C1. The number of carbonyl (C=O) groups is 1. The van der Waals surface area contributed by atoms with Crippen molar-refractivity contribution in [2.45, 2.75) is 25.9 Å². The van der Waals surface area contributed by atoms with E-state index in [1.165, 1.54) is 5.56 Å². The molecule has 178 valence electrons. The van der Waals surface area contributed by atoms with Crippen LogP contribution >= 0.6 is 0 Å². The van der Waals surface area contributed by atoms with Crippen LogP contribution in [0.3, 0.4) is 0 Å². The summed E-state index contributed by atoms with van der Waals surface area (Å²) in [6.45, 7) is 2.11. The first kappa shape index (κ1) is 21.9. The van der Waals surface area contributed by atoms with E-state index >= 15 is 0 Å². The quantitative estimate of drug-likeness (QED) is 0.445. The third-order valence-electron chi connectivity index (χ3n) is 6.34. The third kappa shape index (κ3) is 4.07. The van der Waals surface area contributed by atoms with Crippen molar-refractivity contribution in [3.05, 3.63) is 107 Å². The summed E-state index contributed by atoms with van der Waals surface area (Å²) in [6, 6.07) is 25.9. The highest BCUT2D eigenvalue weighted by Crippen LogP contribution is 2.30. The second-order valence-electron chi connectivity index (χ2n) is 8.72. The zero-order valence-electron chi connectivity index (χ0n) is 19.8. The lowest BCUT2D eigenvalue weighted by molar-refractivity contribution is 0.145. The Labute approximate surface area is 208 Å². The molecule has 8 nitrogen and oxygen atoms in total. The molecule has 36 heavy (non-hydrogen) atoms. The summed E-state index contributed by atoms with van der Waals surface area (Å²) in [7, 11) is 0. The Morgan fingerprint density at radius 2 is 1.78 bits per heavy atom. The van der Waals surface area contributed by atoms with Gasteiger partial charge in [0.1, 0.15) is 5.82 Å². The number of ether oxygens (including phenoxy) is 1. The zero-order chi connectivity index (χ0) is 24.5. The number of carbonyl (C=O) groups excluding carboxylic acids is 1. The minimum absolute atomic E-state index is 0.229. The monoisotopic (exact) mass is 476 g/mol. The molecule has 1 unspecified atom stereocenters. The molecule has 8 heteroatoms. The Bertz CT molecular complexity index is 1510. The number of hydrogen-bond acceptors (Lipinski definition) is 6. The number of aromatic nitrogens is 3. The summed E-state index contributed by atoms with van der Waals surface area (Å²) in [5.74, 6) is 1.24. The van der Waals surface area contributed by atoms with E-state index in [1.807, 2.05) is 84.3 Å². The Morgan fingerprint density at radius 1 is 1.00 bits per heavy atom. The molecule has 4 aromatic rings. The summed E-state index contributed by atoms with van der Waals surface area (Å²) in [5, 5.41) is 11.5. The van der Waals surface area contributed by atoms with Gasteiger partial charge in [0.25, 0.3) is 0 Å².